The van der Waals surface area contributed by atoms with E-state index in [0.717, 1.165) is 41.9 Å². The van der Waals surface area contributed by atoms with Gasteiger partial charge in [-0.05, 0) is 48.2 Å². The van der Waals surface area contributed by atoms with Crippen LogP contribution in [-0.4, -0.2) is 36.9 Å². The maximum atomic E-state index is 9.23. The molecule has 7 nitrogen and oxygen atoms in total. The van der Waals surface area contributed by atoms with Crippen molar-refractivity contribution in [1.82, 2.24) is 5.06 Å². The van der Waals surface area contributed by atoms with E-state index in [2.05, 4.69) is 6.07 Å². The van der Waals surface area contributed by atoms with Gasteiger partial charge in [-0.25, -0.2) is 14.9 Å². The van der Waals surface area contributed by atoms with Gasteiger partial charge in [0.25, 0.3) is 0 Å². The van der Waals surface area contributed by atoms with Crippen molar-refractivity contribution < 1.29 is 14.3 Å². The van der Waals surface area contributed by atoms with Crippen LogP contribution in [0, 0.1) is 11.3 Å². The topological polar surface area (TPSA) is 93.1 Å². The molecular weight excluding hydrogens is 368 g/mol. The maximum absolute atomic E-state index is 9.23. The number of guanidine groups is 1. The highest BCUT2D eigenvalue weighted by molar-refractivity contribution is 5.79. The van der Waals surface area contributed by atoms with Crippen LogP contribution in [0.2, 0.25) is 0 Å². The molecule has 2 N–H and O–H groups in total. The molecule has 1 fully saturated rings. The number of aliphatic imine (C=N–C) groups is 1. The number of hydrogen-bond acceptors (Lipinski definition) is 7. The Kier molecular flexibility index (Phi) is 4.02. The molecule has 0 aromatic heterocycles. The van der Waals surface area contributed by atoms with Gasteiger partial charge in [-0.2, -0.15) is 5.26 Å². The number of hydrogen-bond donors (Lipinski definition) is 1. The van der Waals surface area contributed by atoms with E-state index in [4.69, 9.17) is 25.0 Å². The van der Waals surface area contributed by atoms with E-state index in [9.17, 15) is 5.26 Å². The van der Waals surface area contributed by atoms with Gasteiger partial charge >= 0.3 is 0 Å². The number of ether oxygens (including phenoxy) is 2. The summed E-state index contributed by atoms with van der Waals surface area (Å²) in [7, 11) is 1.76. The van der Waals surface area contributed by atoms with E-state index in [-0.39, 0.29) is 0 Å². The zero-order valence-corrected chi connectivity index (χ0v) is 16.2. The molecule has 5 rings (SSSR count). The Bertz CT molecular complexity index is 1040. The number of nitrogens with zero attached hydrogens (tertiary/aromatic N) is 3. The SMILES string of the molecule is CN1OC2(CC3(CCCOC3)Oc3ccc(-c4cccc(C#N)c4)cc32)N=C1N. The van der Waals surface area contributed by atoms with Crippen LogP contribution in [0.4, 0.5) is 0 Å². The highest BCUT2D eigenvalue weighted by Gasteiger charge is 2.55. The summed E-state index contributed by atoms with van der Waals surface area (Å²) in [6.07, 6.45) is 2.34. The predicted octanol–water partition coefficient (Wildman–Crippen LogP) is 2.90. The van der Waals surface area contributed by atoms with Gasteiger partial charge in [0.2, 0.25) is 11.7 Å². The van der Waals surface area contributed by atoms with Crippen LogP contribution in [0.5, 0.6) is 5.75 Å². The van der Waals surface area contributed by atoms with Crippen LogP contribution in [0.1, 0.15) is 30.4 Å². The lowest BCUT2D eigenvalue weighted by molar-refractivity contribution is -0.216. The molecule has 3 aliphatic rings. The van der Waals surface area contributed by atoms with Gasteiger partial charge in [-0.15, -0.1) is 0 Å². The third-order valence-electron chi connectivity index (χ3n) is 5.81. The van der Waals surface area contributed by atoms with Crippen LogP contribution in [-0.2, 0) is 15.3 Å². The van der Waals surface area contributed by atoms with E-state index in [1.54, 1.807) is 13.1 Å². The van der Waals surface area contributed by atoms with E-state index in [1.807, 2.05) is 36.4 Å². The molecule has 0 amide bonds. The number of hydroxylamine groups is 2. The van der Waals surface area contributed by atoms with Crippen LogP contribution in [0.25, 0.3) is 11.1 Å². The second kappa shape index (κ2) is 6.48. The van der Waals surface area contributed by atoms with Gasteiger partial charge in [-0.3, -0.25) is 0 Å². The number of fused-ring (bicyclic) bond motifs is 2. The molecule has 0 aliphatic carbocycles. The summed E-state index contributed by atoms with van der Waals surface area (Å²) in [4.78, 5) is 10.9. The Hall–Kier alpha value is -3.08. The Morgan fingerprint density at radius 1 is 1.21 bits per heavy atom. The van der Waals surface area contributed by atoms with E-state index < -0.39 is 11.3 Å². The second-order valence-electron chi connectivity index (χ2n) is 7.86. The second-order valence-corrected chi connectivity index (χ2v) is 7.86. The van der Waals surface area contributed by atoms with Crippen LogP contribution in [0.3, 0.4) is 0 Å². The number of benzene rings is 2. The van der Waals surface area contributed by atoms with Crippen molar-refractivity contribution in [2.24, 2.45) is 10.7 Å². The molecule has 3 heterocycles. The summed E-state index contributed by atoms with van der Waals surface area (Å²) in [5, 5.41) is 10.7. The molecule has 0 radical (unpaired) electrons. The third kappa shape index (κ3) is 2.92. The zero-order valence-electron chi connectivity index (χ0n) is 16.2. The van der Waals surface area contributed by atoms with Gasteiger partial charge in [0.1, 0.15) is 11.4 Å². The van der Waals surface area contributed by atoms with Crippen LogP contribution in [0.15, 0.2) is 47.5 Å². The van der Waals surface area contributed by atoms with E-state index in [0.29, 0.717) is 24.6 Å². The highest BCUT2D eigenvalue weighted by atomic mass is 16.7. The first-order chi connectivity index (χ1) is 14.0. The monoisotopic (exact) mass is 390 g/mol. The van der Waals surface area contributed by atoms with Gasteiger partial charge in [0.05, 0.1) is 23.8 Å². The van der Waals surface area contributed by atoms with Crippen molar-refractivity contribution in [3.05, 3.63) is 53.6 Å². The third-order valence-corrected chi connectivity index (χ3v) is 5.81. The molecule has 2 atom stereocenters. The van der Waals surface area contributed by atoms with E-state index >= 15 is 0 Å². The Morgan fingerprint density at radius 3 is 2.79 bits per heavy atom. The summed E-state index contributed by atoms with van der Waals surface area (Å²) < 4.78 is 12.2. The highest BCUT2D eigenvalue weighted by Crippen LogP contribution is 2.51. The molecule has 3 aliphatic heterocycles. The molecule has 7 heteroatoms. The van der Waals surface area contributed by atoms with Crippen molar-refractivity contribution >= 4 is 5.96 Å². The predicted molar refractivity (Wildman–Crippen MR) is 107 cm³/mol. The Balaban J connectivity index is 1.64. The quantitative estimate of drug-likeness (QED) is 0.805. The minimum atomic E-state index is -0.948. The molecule has 0 saturated carbocycles. The van der Waals surface area contributed by atoms with Crippen LogP contribution < -0.4 is 10.5 Å². The largest absolute Gasteiger partial charge is 0.484 e. The lowest BCUT2D eigenvalue weighted by Gasteiger charge is -2.46. The molecular formula is C22H22N4O3. The molecule has 148 valence electrons. The average molecular weight is 390 g/mol. The lowest BCUT2D eigenvalue weighted by Crippen LogP contribution is -2.53. The van der Waals surface area contributed by atoms with Crippen molar-refractivity contribution in [3.63, 3.8) is 0 Å². The summed E-state index contributed by atoms with van der Waals surface area (Å²) in [6.45, 7) is 1.24. The van der Waals surface area contributed by atoms with Crippen LogP contribution >= 0.6 is 0 Å². The normalized spacial score (nSPS) is 28.0. The van der Waals surface area contributed by atoms with Crippen molar-refractivity contribution in [2.75, 3.05) is 20.3 Å². The first-order valence-corrected chi connectivity index (χ1v) is 9.73. The lowest BCUT2D eigenvalue weighted by atomic mass is 9.80. The molecule has 2 aromatic carbocycles. The van der Waals surface area contributed by atoms with E-state index in [1.165, 1.54) is 5.06 Å². The Labute approximate surface area is 169 Å². The molecule has 2 aromatic rings. The fourth-order valence-electron chi connectivity index (χ4n) is 4.45. The number of nitriles is 1. The first-order valence-electron chi connectivity index (χ1n) is 9.73. The molecule has 0 bridgehead atoms. The van der Waals surface area contributed by atoms with Crippen molar-refractivity contribution in [2.45, 2.75) is 30.6 Å². The van der Waals surface area contributed by atoms with Gasteiger partial charge in [0.15, 0.2) is 0 Å². The molecule has 1 saturated heterocycles. The smallest absolute Gasteiger partial charge is 0.222 e. The standard InChI is InChI=1S/C22H22N4O3/c1-26-20(24)25-22(29-26)13-21(8-3-9-27-14-21)28-19-7-6-17(11-18(19)22)16-5-2-4-15(10-16)12-23/h2,4-7,10-11H,3,8-9,13-14H2,1H3,(H2,24,25). The van der Waals surface area contributed by atoms with Gasteiger partial charge < -0.3 is 15.2 Å². The fraction of sp³-hybridized carbons (Fsp3) is 0.364. The Morgan fingerprint density at radius 2 is 2.07 bits per heavy atom. The number of nitrogens with two attached hydrogens (primary N) is 1. The summed E-state index contributed by atoms with van der Waals surface area (Å²) in [5.41, 5.74) is 8.02. The fourth-order valence-corrected chi connectivity index (χ4v) is 4.45. The van der Waals surface area contributed by atoms with Crippen molar-refractivity contribution in [3.8, 4) is 22.9 Å². The first kappa shape index (κ1) is 18.0. The zero-order chi connectivity index (χ0) is 20.1. The summed E-state index contributed by atoms with van der Waals surface area (Å²) in [5.74, 6) is 1.07. The summed E-state index contributed by atoms with van der Waals surface area (Å²) >= 11 is 0. The van der Waals surface area contributed by atoms with Crippen molar-refractivity contribution in [1.29, 1.82) is 5.26 Å². The van der Waals surface area contributed by atoms with Gasteiger partial charge in [-0.1, -0.05) is 18.2 Å². The minimum absolute atomic E-state index is 0.335. The summed E-state index contributed by atoms with van der Waals surface area (Å²) in [6, 6.07) is 15.7. The molecule has 29 heavy (non-hydrogen) atoms. The minimum Gasteiger partial charge on any atom is -0.484 e. The maximum Gasteiger partial charge on any atom is 0.222 e. The molecule has 2 spiro atoms. The number of rotatable bonds is 1. The molecule has 2 unspecified atom stereocenters. The average Bonchev–Trinajstić information content (AvgIpc) is 3.01. The van der Waals surface area contributed by atoms with Gasteiger partial charge in [0, 0.05) is 20.1 Å².